The number of hydrogen-bond donors (Lipinski definition) is 0. The summed E-state index contributed by atoms with van der Waals surface area (Å²) in [6.45, 7) is 6.53. The van der Waals surface area contributed by atoms with E-state index in [4.69, 9.17) is 9.47 Å². The molecule has 1 heterocycles. The van der Waals surface area contributed by atoms with Gasteiger partial charge < -0.3 is 9.47 Å². The molecule has 8 heteroatoms. The van der Waals surface area contributed by atoms with Crippen LogP contribution in [-0.2, 0) is 23.9 Å². The number of carbonyl (C=O) groups excluding carboxylic acids is 3. The van der Waals surface area contributed by atoms with Gasteiger partial charge in [-0.3, -0.25) is 14.4 Å². The molecule has 7 nitrogen and oxygen atoms in total. The number of hydrogen-bond acceptors (Lipinski definition) is 8. The lowest BCUT2D eigenvalue weighted by Gasteiger charge is -2.67. The van der Waals surface area contributed by atoms with E-state index >= 15 is 0 Å². The second kappa shape index (κ2) is 5.22. The normalized spacial score (nSPS) is 33.7. The van der Waals surface area contributed by atoms with Crippen molar-refractivity contribution >= 4 is 29.5 Å². The van der Waals surface area contributed by atoms with Crippen molar-refractivity contribution < 1.29 is 23.9 Å². The lowest BCUT2D eigenvalue weighted by Crippen LogP contribution is -2.80. The van der Waals surface area contributed by atoms with Gasteiger partial charge in [-0.2, -0.15) is 10.5 Å². The molecule has 1 saturated carbocycles. The van der Waals surface area contributed by atoms with Crippen molar-refractivity contribution in [1.82, 2.24) is 0 Å². The molecule has 2 fully saturated rings. The predicted octanol–water partition coefficient (Wildman–Crippen LogP) is 1.47. The zero-order valence-corrected chi connectivity index (χ0v) is 15.9. The van der Waals surface area contributed by atoms with E-state index in [0.717, 1.165) is 26.0 Å². The number of ketones is 1. The maximum absolute atomic E-state index is 12.9. The highest BCUT2D eigenvalue weighted by atomic mass is 32.2. The van der Waals surface area contributed by atoms with Crippen molar-refractivity contribution in [3.05, 3.63) is 0 Å². The molecule has 0 radical (unpaired) electrons. The van der Waals surface area contributed by atoms with Gasteiger partial charge >= 0.3 is 11.9 Å². The summed E-state index contributed by atoms with van der Waals surface area (Å²) in [7, 11) is 2.19. The predicted molar refractivity (Wildman–Crippen MR) is 87.9 cm³/mol. The van der Waals surface area contributed by atoms with Gasteiger partial charge in [-0.1, -0.05) is 27.7 Å². The summed E-state index contributed by atoms with van der Waals surface area (Å²) in [4.78, 5) is 38.3. The van der Waals surface area contributed by atoms with E-state index in [1.807, 2.05) is 12.1 Å². The second-order valence-electron chi connectivity index (χ2n) is 7.41. The fourth-order valence-corrected chi connectivity index (χ4v) is 7.35. The fourth-order valence-electron chi connectivity index (χ4n) is 5.09. The molecule has 1 aliphatic heterocycles. The minimum absolute atomic E-state index is 0.140. The van der Waals surface area contributed by atoms with Crippen LogP contribution in [0.5, 0.6) is 0 Å². The molecule has 2 unspecified atom stereocenters. The number of esters is 2. The number of nitriles is 2. The molecule has 0 aromatic rings. The van der Waals surface area contributed by atoms with E-state index < -0.39 is 38.3 Å². The Morgan fingerprint density at radius 2 is 1.48 bits per heavy atom. The number of nitrogens with zero attached hydrogens (tertiary/aromatic N) is 2. The van der Waals surface area contributed by atoms with Crippen LogP contribution in [0, 0.1) is 44.3 Å². The van der Waals surface area contributed by atoms with E-state index in [2.05, 4.69) is 0 Å². The Labute approximate surface area is 150 Å². The molecular weight excluding hydrogens is 344 g/mol. The molecule has 2 aliphatic rings. The summed E-state index contributed by atoms with van der Waals surface area (Å²) in [5.74, 6) is -2.26. The molecule has 2 atom stereocenters. The number of ether oxygens (including phenoxy) is 2. The first-order valence-electron chi connectivity index (χ1n) is 7.63. The van der Waals surface area contributed by atoms with Crippen LogP contribution in [0.15, 0.2) is 0 Å². The standard InChI is InChI=1S/C17H20N2O5S/c1-13(2)10(20)14(3,4)17(13)16(8-19,12(22)24-6)15(7-18,9-25-17)11(21)23-5/h9H2,1-6H3. The molecule has 0 aromatic carbocycles. The van der Waals surface area contributed by atoms with Gasteiger partial charge in [0.05, 0.1) is 31.1 Å². The highest BCUT2D eigenvalue weighted by molar-refractivity contribution is 8.01. The van der Waals surface area contributed by atoms with Crippen LogP contribution in [0.25, 0.3) is 0 Å². The smallest absolute Gasteiger partial charge is 0.330 e. The summed E-state index contributed by atoms with van der Waals surface area (Å²) in [5, 5.41) is 20.0. The molecule has 25 heavy (non-hydrogen) atoms. The van der Waals surface area contributed by atoms with E-state index in [9.17, 15) is 24.9 Å². The Hall–Kier alpha value is -2.06. The number of methoxy groups -OCH3 is 2. The van der Waals surface area contributed by atoms with E-state index in [1.165, 1.54) is 0 Å². The van der Waals surface area contributed by atoms with Gasteiger partial charge in [0, 0.05) is 16.6 Å². The van der Waals surface area contributed by atoms with Gasteiger partial charge in [0.2, 0.25) is 5.41 Å². The summed E-state index contributed by atoms with van der Waals surface area (Å²) < 4.78 is 8.37. The van der Waals surface area contributed by atoms with Gasteiger partial charge in [-0.25, -0.2) is 0 Å². The molecule has 0 bridgehead atoms. The highest BCUT2D eigenvalue weighted by Gasteiger charge is 2.91. The SMILES string of the molecule is COC(=O)C1(C#N)CSC2(C(C)(C)C(=O)C2(C)C)C1(C#N)C(=O)OC. The van der Waals surface area contributed by atoms with E-state index in [1.54, 1.807) is 27.7 Å². The first kappa shape index (κ1) is 19.3. The lowest BCUT2D eigenvalue weighted by molar-refractivity contribution is -0.190. The van der Waals surface area contributed by atoms with E-state index in [0.29, 0.717) is 0 Å². The van der Waals surface area contributed by atoms with E-state index in [-0.39, 0.29) is 11.5 Å². The van der Waals surface area contributed by atoms with Gasteiger partial charge in [0.25, 0.3) is 0 Å². The largest absolute Gasteiger partial charge is 0.468 e. The average Bonchev–Trinajstić information content (AvgIpc) is 2.93. The van der Waals surface area contributed by atoms with Crippen molar-refractivity contribution in [1.29, 1.82) is 10.5 Å². The van der Waals surface area contributed by atoms with Crippen molar-refractivity contribution in [2.45, 2.75) is 32.4 Å². The quantitative estimate of drug-likeness (QED) is 0.676. The second-order valence-corrected chi connectivity index (χ2v) is 8.60. The third-order valence-electron chi connectivity index (χ3n) is 5.95. The van der Waals surface area contributed by atoms with Crippen LogP contribution >= 0.6 is 11.8 Å². The van der Waals surface area contributed by atoms with Crippen LogP contribution in [0.1, 0.15) is 27.7 Å². The van der Waals surface area contributed by atoms with Crippen molar-refractivity contribution in [3.63, 3.8) is 0 Å². The minimum Gasteiger partial charge on any atom is -0.468 e. The Morgan fingerprint density at radius 1 is 1.00 bits per heavy atom. The van der Waals surface area contributed by atoms with Crippen molar-refractivity contribution in [2.24, 2.45) is 21.7 Å². The molecule has 0 aromatic heterocycles. The summed E-state index contributed by atoms with van der Waals surface area (Å²) in [6.07, 6.45) is 0. The van der Waals surface area contributed by atoms with Gasteiger partial charge in [-0.15, -0.1) is 11.8 Å². The summed E-state index contributed by atoms with van der Waals surface area (Å²) in [6, 6.07) is 3.81. The average molecular weight is 364 g/mol. The minimum atomic E-state index is -2.18. The molecule has 1 saturated heterocycles. The Morgan fingerprint density at radius 3 is 1.84 bits per heavy atom. The molecule has 0 N–H and O–H groups in total. The van der Waals surface area contributed by atoms with Crippen LogP contribution in [-0.4, -0.2) is 42.4 Å². The van der Waals surface area contributed by atoms with Crippen molar-refractivity contribution in [3.8, 4) is 12.1 Å². The van der Waals surface area contributed by atoms with Gasteiger partial charge in [-0.05, 0) is 0 Å². The molecule has 0 amide bonds. The molecular formula is C17H20N2O5S. The Balaban J connectivity index is 2.98. The van der Waals surface area contributed by atoms with Crippen LogP contribution in [0.2, 0.25) is 0 Å². The zero-order chi connectivity index (χ0) is 19.5. The van der Waals surface area contributed by atoms with Gasteiger partial charge in [0.15, 0.2) is 5.41 Å². The first-order chi connectivity index (χ1) is 11.4. The van der Waals surface area contributed by atoms with Crippen LogP contribution < -0.4 is 0 Å². The maximum Gasteiger partial charge on any atom is 0.330 e. The number of thioether (sulfide) groups is 1. The lowest BCUT2D eigenvalue weighted by atomic mass is 9.36. The Kier molecular flexibility index (Phi) is 4.02. The molecule has 2 rings (SSSR count). The third kappa shape index (κ3) is 1.55. The first-order valence-corrected chi connectivity index (χ1v) is 8.62. The number of Topliss-reactive ketones (excluding diaryl/α,β-unsaturated/α-hetero) is 1. The molecule has 1 spiro atoms. The highest BCUT2D eigenvalue weighted by Crippen LogP contribution is 2.79. The van der Waals surface area contributed by atoms with Crippen LogP contribution in [0.3, 0.4) is 0 Å². The third-order valence-corrected chi connectivity index (χ3v) is 8.29. The summed E-state index contributed by atoms with van der Waals surface area (Å²) in [5.41, 5.74) is -6.47. The monoisotopic (exact) mass is 364 g/mol. The van der Waals surface area contributed by atoms with Crippen LogP contribution in [0.4, 0.5) is 0 Å². The summed E-state index contributed by atoms with van der Waals surface area (Å²) >= 11 is 1.13. The number of rotatable bonds is 2. The van der Waals surface area contributed by atoms with Gasteiger partial charge in [0.1, 0.15) is 5.78 Å². The maximum atomic E-state index is 12.9. The Bertz CT molecular complexity index is 742. The molecule has 134 valence electrons. The topological polar surface area (TPSA) is 117 Å². The number of carbonyl (C=O) groups is 3. The fraction of sp³-hybridized carbons (Fsp3) is 0.706. The van der Waals surface area contributed by atoms with Crippen molar-refractivity contribution in [2.75, 3.05) is 20.0 Å². The zero-order valence-electron chi connectivity index (χ0n) is 15.1. The molecule has 1 aliphatic carbocycles.